The number of hydrogen-bond donors (Lipinski definition) is 2. The second-order valence-corrected chi connectivity index (χ2v) is 10.7. The predicted molar refractivity (Wildman–Crippen MR) is 121 cm³/mol. The van der Waals surface area contributed by atoms with Crippen LogP contribution < -0.4 is 10.1 Å². The van der Waals surface area contributed by atoms with Crippen molar-refractivity contribution in [1.29, 1.82) is 5.26 Å². The summed E-state index contributed by atoms with van der Waals surface area (Å²) in [4.78, 5) is 23.1. The molecule has 2 heterocycles. The largest absolute Gasteiger partial charge is 0.474 e. The predicted octanol–water partition coefficient (Wildman–Crippen LogP) is 4.21. The Bertz CT molecular complexity index is 1020. The molecule has 1 saturated carbocycles. The highest BCUT2D eigenvalue weighted by Crippen LogP contribution is 2.47. The lowest BCUT2D eigenvalue weighted by atomic mass is 9.93. The zero-order valence-corrected chi connectivity index (χ0v) is 19.6. The number of aryl methyl sites for hydroxylation is 1. The topological polar surface area (TPSA) is 117 Å². The van der Waals surface area contributed by atoms with E-state index in [1.165, 1.54) is 11.2 Å². The normalized spacial score (nSPS) is 23.9. The minimum absolute atomic E-state index is 0.0184. The molecule has 0 spiro atoms. The summed E-state index contributed by atoms with van der Waals surface area (Å²) in [7, 11) is 0. The van der Waals surface area contributed by atoms with Gasteiger partial charge in [-0.3, -0.25) is 0 Å². The molecule has 1 unspecified atom stereocenters. The Labute approximate surface area is 192 Å². The average Bonchev–Trinajstić information content (AvgIpc) is 3.28. The van der Waals surface area contributed by atoms with Gasteiger partial charge in [0.1, 0.15) is 29.0 Å². The Balaban J connectivity index is 1.43. The molecule has 32 heavy (non-hydrogen) atoms. The molecule has 8 nitrogen and oxygen atoms in total. The molecule has 2 aliphatic carbocycles. The van der Waals surface area contributed by atoms with E-state index in [1.54, 1.807) is 11.3 Å². The fraction of sp³-hybridized carbons (Fsp3) is 0.652. The van der Waals surface area contributed by atoms with Crippen LogP contribution in [0.15, 0.2) is 6.33 Å². The third-order valence-corrected chi connectivity index (χ3v) is 7.20. The first-order valence-corrected chi connectivity index (χ1v) is 12.0. The molecule has 2 atom stereocenters. The first kappa shape index (κ1) is 22.7. The fourth-order valence-corrected chi connectivity index (χ4v) is 5.88. The second-order valence-electron chi connectivity index (χ2n) is 9.65. The number of amides is 1. The van der Waals surface area contributed by atoms with Crippen LogP contribution in [0.1, 0.15) is 75.7 Å². The van der Waals surface area contributed by atoms with Gasteiger partial charge in [-0.2, -0.15) is 5.26 Å². The van der Waals surface area contributed by atoms with Gasteiger partial charge in [-0.1, -0.05) is 0 Å². The van der Waals surface area contributed by atoms with Crippen LogP contribution in [0.5, 0.6) is 5.88 Å². The SMILES string of the molecule is CC(C)(C)OC(=O)NC1CCC(Oc2ncnc3sc4c(c23)[C@@H](CC(O)C#N)CC4)CC1. The van der Waals surface area contributed by atoms with Crippen molar-refractivity contribution < 1.29 is 19.4 Å². The maximum atomic E-state index is 12.0. The third-order valence-electron chi connectivity index (χ3n) is 6.03. The van der Waals surface area contributed by atoms with E-state index in [9.17, 15) is 9.90 Å². The molecule has 4 rings (SSSR count). The summed E-state index contributed by atoms with van der Waals surface area (Å²) in [5.41, 5.74) is 0.639. The molecule has 2 aromatic heterocycles. The highest BCUT2D eigenvalue weighted by molar-refractivity contribution is 7.19. The number of nitrogens with one attached hydrogen (secondary N) is 1. The average molecular weight is 459 g/mol. The summed E-state index contributed by atoms with van der Waals surface area (Å²) in [6.45, 7) is 5.56. The van der Waals surface area contributed by atoms with Gasteiger partial charge >= 0.3 is 6.09 Å². The Hall–Kier alpha value is -2.44. The van der Waals surface area contributed by atoms with E-state index in [0.717, 1.165) is 54.3 Å². The Morgan fingerprint density at radius 3 is 2.75 bits per heavy atom. The first-order chi connectivity index (χ1) is 15.2. The monoisotopic (exact) mass is 458 g/mol. The Kier molecular flexibility index (Phi) is 6.54. The van der Waals surface area contributed by atoms with Gasteiger partial charge in [0, 0.05) is 10.9 Å². The van der Waals surface area contributed by atoms with E-state index in [-0.39, 0.29) is 24.2 Å². The number of aromatic nitrogens is 2. The summed E-state index contributed by atoms with van der Waals surface area (Å²) in [5.74, 6) is 0.713. The minimum atomic E-state index is -0.970. The van der Waals surface area contributed by atoms with Gasteiger partial charge in [-0.05, 0) is 77.2 Å². The third kappa shape index (κ3) is 5.13. The summed E-state index contributed by atoms with van der Waals surface area (Å²) in [6.07, 6.45) is 5.75. The number of carbonyl (C=O) groups excluding carboxylic acids is 1. The number of nitrogens with zero attached hydrogens (tertiary/aromatic N) is 3. The lowest BCUT2D eigenvalue weighted by molar-refractivity contribution is 0.0470. The molecule has 0 saturated heterocycles. The van der Waals surface area contributed by atoms with Crippen molar-refractivity contribution in [3.63, 3.8) is 0 Å². The molecule has 2 N–H and O–H groups in total. The molecule has 0 radical (unpaired) electrons. The molecule has 1 fully saturated rings. The molecule has 0 bridgehead atoms. The molecule has 0 aromatic carbocycles. The number of alkyl carbamates (subject to hydrolysis) is 1. The summed E-state index contributed by atoms with van der Waals surface area (Å²) >= 11 is 1.66. The van der Waals surface area contributed by atoms with Gasteiger partial charge < -0.3 is 19.9 Å². The van der Waals surface area contributed by atoms with Crippen LogP contribution in [0, 0.1) is 11.3 Å². The number of hydrogen-bond acceptors (Lipinski definition) is 8. The van der Waals surface area contributed by atoms with Gasteiger partial charge in [0.15, 0.2) is 0 Å². The van der Waals surface area contributed by atoms with Gasteiger partial charge in [0.2, 0.25) is 5.88 Å². The Morgan fingerprint density at radius 1 is 1.31 bits per heavy atom. The number of nitriles is 1. The fourth-order valence-electron chi connectivity index (χ4n) is 4.64. The van der Waals surface area contributed by atoms with Crippen molar-refractivity contribution in [2.24, 2.45) is 0 Å². The zero-order valence-electron chi connectivity index (χ0n) is 18.8. The van der Waals surface area contributed by atoms with E-state index in [2.05, 4.69) is 15.3 Å². The number of rotatable bonds is 5. The molecule has 2 aromatic rings. The maximum absolute atomic E-state index is 12.0. The van der Waals surface area contributed by atoms with Crippen molar-refractivity contribution in [2.45, 2.75) is 95.5 Å². The van der Waals surface area contributed by atoms with Gasteiger partial charge in [-0.15, -0.1) is 11.3 Å². The van der Waals surface area contributed by atoms with Crippen molar-refractivity contribution >= 4 is 27.6 Å². The Morgan fingerprint density at radius 2 is 2.06 bits per heavy atom. The van der Waals surface area contributed by atoms with Gasteiger partial charge in [-0.25, -0.2) is 14.8 Å². The first-order valence-electron chi connectivity index (χ1n) is 11.2. The smallest absolute Gasteiger partial charge is 0.407 e. The minimum Gasteiger partial charge on any atom is -0.474 e. The summed E-state index contributed by atoms with van der Waals surface area (Å²) < 4.78 is 11.7. The van der Waals surface area contributed by atoms with Crippen molar-refractivity contribution in [3.05, 3.63) is 16.8 Å². The number of aliphatic hydroxyl groups is 1. The standard InChI is InChI=1S/C23H30N4O4S/c1-23(2,3)31-22(29)27-14-5-7-16(8-6-14)30-20-19-18-13(10-15(28)11-24)4-9-17(18)32-21(19)26-12-25-20/h12-16,28H,4-10H2,1-3H3,(H,27,29)/t13-,14?,15?,16?/m1/s1. The molecule has 9 heteroatoms. The molecular formula is C23H30N4O4S. The van der Waals surface area contributed by atoms with Crippen LogP contribution >= 0.6 is 11.3 Å². The summed E-state index contributed by atoms with van der Waals surface area (Å²) in [6, 6.07) is 2.01. The van der Waals surface area contributed by atoms with Crippen molar-refractivity contribution in [1.82, 2.24) is 15.3 Å². The van der Waals surface area contributed by atoms with Crippen LogP contribution in [0.3, 0.4) is 0 Å². The van der Waals surface area contributed by atoms with E-state index in [0.29, 0.717) is 12.3 Å². The zero-order chi connectivity index (χ0) is 22.9. The van der Waals surface area contributed by atoms with Gasteiger partial charge in [0.05, 0.1) is 11.5 Å². The number of ether oxygens (including phenoxy) is 2. The number of carbonyl (C=O) groups is 1. The molecular weight excluding hydrogens is 428 g/mol. The van der Waals surface area contributed by atoms with E-state index >= 15 is 0 Å². The second kappa shape index (κ2) is 9.20. The lowest BCUT2D eigenvalue weighted by Crippen LogP contribution is -2.42. The van der Waals surface area contributed by atoms with Crippen LogP contribution in [0.4, 0.5) is 4.79 Å². The van der Waals surface area contributed by atoms with E-state index in [1.807, 2.05) is 26.8 Å². The van der Waals surface area contributed by atoms with Crippen LogP contribution in [-0.2, 0) is 11.2 Å². The summed E-state index contributed by atoms with van der Waals surface area (Å²) in [5, 5.41) is 22.8. The van der Waals surface area contributed by atoms with Crippen LogP contribution in [0.25, 0.3) is 10.2 Å². The highest BCUT2D eigenvalue weighted by Gasteiger charge is 2.32. The van der Waals surface area contributed by atoms with E-state index in [4.69, 9.17) is 14.7 Å². The van der Waals surface area contributed by atoms with Gasteiger partial charge in [0.25, 0.3) is 0 Å². The van der Waals surface area contributed by atoms with E-state index < -0.39 is 11.7 Å². The molecule has 2 aliphatic rings. The number of fused-ring (bicyclic) bond motifs is 3. The highest BCUT2D eigenvalue weighted by atomic mass is 32.1. The number of aliphatic hydroxyl groups excluding tert-OH is 1. The quantitative estimate of drug-likeness (QED) is 0.645. The maximum Gasteiger partial charge on any atom is 0.407 e. The van der Waals surface area contributed by atoms with Crippen LogP contribution in [-0.4, -0.2) is 45.0 Å². The van der Waals surface area contributed by atoms with Crippen LogP contribution in [0.2, 0.25) is 0 Å². The molecule has 1 amide bonds. The van der Waals surface area contributed by atoms with Crippen molar-refractivity contribution in [3.8, 4) is 11.9 Å². The van der Waals surface area contributed by atoms with Crippen molar-refractivity contribution in [2.75, 3.05) is 0 Å². The molecule has 0 aliphatic heterocycles. The lowest BCUT2D eigenvalue weighted by Gasteiger charge is -2.30. The molecule has 172 valence electrons. The number of thiophene rings is 1.